The molecule has 0 aromatic heterocycles. The van der Waals surface area contributed by atoms with Crippen LogP contribution in [0.25, 0.3) is 0 Å². The molecule has 0 saturated carbocycles. The first kappa shape index (κ1) is 23.9. The summed E-state index contributed by atoms with van der Waals surface area (Å²) < 4.78 is 7.44. The van der Waals surface area contributed by atoms with Crippen LogP contribution in [0.4, 0.5) is 5.69 Å². The quantitative estimate of drug-likeness (QED) is 0.199. The number of benzene rings is 3. The number of nitrogens with zero attached hydrogens (tertiary/aromatic N) is 2. The summed E-state index contributed by atoms with van der Waals surface area (Å²) in [5.41, 5.74) is 4.18. The normalized spacial score (nSPS) is 10.8. The molecule has 10 heteroatoms. The Morgan fingerprint density at radius 3 is 2.56 bits per heavy atom. The summed E-state index contributed by atoms with van der Waals surface area (Å²) in [5.74, 6) is 0.0160. The molecule has 0 saturated heterocycles. The number of hydrogen-bond donors (Lipinski definition) is 1. The summed E-state index contributed by atoms with van der Waals surface area (Å²) in [6.07, 6.45) is 1.26. The second kappa shape index (κ2) is 11.2. The first-order valence-electron chi connectivity index (χ1n) is 9.24. The van der Waals surface area contributed by atoms with Crippen LogP contribution in [0.15, 0.2) is 74.7 Å². The van der Waals surface area contributed by atoms with Crippen molar-refractivity contribution in [3.63, 3.8) is 0 Å². The number of para-hydroxylation sites is 1. The SMILES string of the molecule is O=C(Cc1ccccc1[N+](=O)[O-])N/N=C/c1cc(Cl)c(OCc2ccc(Br)cc2)c(Br)c1. The molecule has 0 bridgehead atoms. The number of carbonyl (C=O) groups is 1. The van der Waals surface area contributed by atoms with E-state index in [9.17, 15) is 14.9 Å². The van der Waals surface area contributed by atoms with Gasteiger partial charge in [-0.2, -0.15) is 5.10 Å². The van der Waals surface area contributed by atoms with E-state index in [-0.39, 0.29) is 12.1 Å². The molecule has 3 aromatic rings. The minimum atomic E-state index is -0.522. The van der Waals surface area contributed by atoms with Crippen molar-refractivity contribution in [3.05, 3.63) is 101 Å². The van der Waals surface area contributed by atoms with Gasteiger partial charge in [0.05, 0.1) is 27.1 Å². The van der Waals surface area contributed by atoms with Gasteiger partial charge in [-0.3, -0.25) is 14.9 Å². The molecule has 3 rings (SSSR count). The number of nitro groups is 1. The molecule has 0 heterocycles. The Bertz CT molecular complexity index is 1150. The first-order valence-corrected chi connectivity index (χ1v) is 11.2. The van der Waals surface area contributed by atoms with Crippen LogP contribution in [-0.2, 0) is 17.8 Å². The maximum Gasteiger partial charge on any atom is 0.273 e. The zero-order valence-electron chi connectivity index (χ0n) is 16.4. The summed E-state index contributed by atoms with van der Waals surface area (Å²) in [5, 5.41) is 15.3. The van der Waals surface area contributed by atoms with Gasteiger partial charge in [-0.1, -0.05) is 57.9 Å². The molecule has 0 radical (unpaired) electrons. The lowest BCUT2D eigenvalue weighted by atomic mass is 10.1. The molecule has 0 aliphatic rings. The third-order valence-electron chi connectivity index (χ3n) is 4.26. The van der Waals surface area contributed by atoms with Crippen molar-refractivity contribution in [2.75, 3.05) is 0 Å². The van der Waals surface area contributed by atoms with Gasteiger partial charge in [-0.25, -0.2) is 5.43 Å². The number of halogens is 3. The lowest BCUT2D eigenvalue weighted by molar-refractivity contribution is -0.385. The molecule has 1 amide bonds. The number of nitrogens with one attached hydrogen (secondary N) is 1. The van der Waals surface area contributed by atoms with Crippen LogP contribution in [0.5, 0.6) is 5.75 Å². The van der Waals surface area contributed by atoms with Crippen molar-refractivity contribution in [1.29, 1.82) is 0 Å². The average molecular weight is 582 g/mol. The number of rotatable bonds is 8. The molecule has 3 aromatic carbocycles. The fraction of sp³-hybridized carbons (Fsp3) is 0.0909. The Hall–Kier alpha value is -2.75. The van der Waals surface area contributed by atoms with E-state index in [0.29, 0.717) is 33.0 Å². The molecule has 0 atom stereocenters. The van der Waals surface area contributed by atoms with Crippen LogP contribution in [0.2, 0.25) is 5.02 Å². The molecule has 0 spiro atoms. The monoisotopic (exact) mass is 579 g/mol. The minimum Gasteiger partial charge on any atom is -0.486 e. The first-order chi connectivity index (χ1) is 15.3. The van der Waals surface area contributed by atoms with Crippen molar-refractivity contribution in [1.82, 2.24) is 5.43 Å². The zero-order valence-corrected chi connectivity index (χ0v) is 20.4. The van der Waals surface area contributed by atoms with Crippen LogP contribution in [0, 0.1) is 10.1 Å². The highest BCUT2D eigenvalue weighted by atomic mass is 79.9. The second-order valence-corrected chi connectivity index (χ2v) is 8.76. The van der Waals surface area contributed by atoms with E-state index in [4.69, 9.17) is 16.3 Å². The number of carbonyl (C=O) groups excluding carboxylic acids is 1. The molecule has 7 nitrogen and oxygen atoms in total. The van der Waals surface area contributed by atoms with E-state index in [2.05, 4.69) is 42.4 Å². The number of amides is 1. The van der Waals surface area contributed by atoms with Gasteiger partial charge in [-0.05, 0) is 51.3 Å². The fourth-order valence-electron chi connectivity index (χ4n) is 2.76. The summed E-state index contributed by atoms with van der Waals surface area (Å²) in [7, 11) is 0. The zero-order chi connectivity index (χ0) is 23.1. The molecular weight excluding hydrogens is 566 g/mol. The second-order valence-electron chi connectivity index (χ2n) is 6.58. The predicted octanol–water partition coefficient (Wildman–Crippen LogP) is 6.05. The van der Waals surface area contributed by atoms with Crippen molar-refractivity contribution in [3.8, 4) is 5.75 Å². The minimum absolute atomic E-state index is 0.110. The van der Waals surface area contributed by atoms with E-state index in [1.807, 2.05) is 24.3 Å². The Kier molecular flexibility index (Phi) is 8.38. The van der Waals surface area contributed by atoms with E-state index in [1.54, 1.807) is 24.3 Å². The van der Waals surface area contributed by atoms with Gasteiger partial charge in [0.1, 0.15) is 6.61 Å². The molecule has 1 N–H and O–H groups in total. The van der Waals surface area contributed by atoms with Crippen LogP contribution in [0.1, 0.15) is 16.7 Å². The number of hydrazone groups is 1. The smallest absolute Gasteiger partial charge is 0.273 e. The van der Waals surface area contributed by atoms with Crippen LogP contribution >= 0.6 is 43.5 Å². The van der Waals surface area contributed by atoms with E-state index < -0.39 is 10.8 Å². The Balaban J connectivity index is 1.60. The summed E-state index contributed by atoms with van der Waals surface area (Å²) in [6, 6.07) is 17.2. The Morgan fingerprint density at radius 2 is 1.88 bits per heavy atom. The third kappa shape index (κ3) is 6.62. The van der Waals surface area contributed by atoms with Gasteiger partial charge >= 0.3 is 0 Å². The fourth-order valence-corrected chi connectivity index (χ4v) is 4.01. The van der Waals surface area contributed by atoms with Crippen molar-refractivity contribution >= 4 is 61.3 Å². The maximum absolute atomic E-state index is 12.1. The van der Waals surface area contributed by atoms with E-state index >= 15 is 0 Å². The number of hydrogen-bond acceptors (Lipinski definition) is 5. The lowest BCUT2D eigenvalue weighted by Crippen LogP contribution is -2.20. The number of nitro benzene ring substituents is 1. The highest BCUT2D eigenvalue weighted by Crippen LogP contribution is 2.34. The van der Waals surface area contributed by atoms with Crippen LogP contribution < -0.4 is 10.2 Å². The standard InChI is InChI=1S/C22H16Br2ClN3O4/c23-17-7-5-14(6-8-17)13-32-22-18(24)9-15(10-19(22)25)12-26-27-21(29)11-16-3-1-2-4-20(16)28(30)31/h1-10,12H,11,13H2,(H,27,29)/b26-12+. The molecule has 0 unspecified atom stereocenters. The number of ether oxygens (including phenoxy) is 1. The molecule has 0 aliphatic heterocycles. The Morgan fingerprint density at radius 1 is 1.16 bits per heavy atom. The van der Waals surface area contributed by atoms with Gasteiger partial charge in [0.25, 0.3) is 5.69 Å². The van der Waals surface area contributed by atoms with Gasteiger partial charge in [0.2, 0.25) is 5.91 Å². The van der Waals surface area contributed by atoms with E-state index in [1.165, 1.54) is 18.3 Å². The third-order valence-corrected chi connectivity index (χ3v) is 5.66. The largest absolute Gasteiger partial charge is 0.486 e. The highest BCUT2D eigenvalue weighted by Gasteiger charge is 2.15. The molecule has 0 aliphatic carbocycles. The van der Waals surface area contributed by atoms with Crippen LogP contribution in [-0.4, -0.2) is 17.0 Å². The van der Waals surface area contributed by atoms with Crippen LogP contribution in [0.3, 0.4) is 0 Å². The molecule has 164 valence electrons. The van der Waals surface area contributed by atoms with Crippen molar-refractivity contribution in [2.45, 2.75) is 13.0 Å². The van der Waals surface area contributed by atoms with Gasteiger partial charge in [0, 0.05) is 16.1 Å². The highest BCUT2D eigenvalue weighted by molar-refractivity contribution is 9.10. The maximum atomic E-state index is 12.1. The summed E-state index contributed by atoms with van der Waals surface area (Å²) in [6.45, 7) is 0.348. The Labute approximate surface area is 205 Å². The average Bonchev–Trinajstić information content (AvgIpc) is 2.74. The summed E-state index contributed by atoms with van der Waals surface area (Å²) >= 11 is 13.2. The molecule has 0 fully saturated rings. The van der Waals surface area contributed by atoms with E-state index in [0.717, 1.165) is 10.0 Å². The van der Waals surface area contributed by atoms with Crippen molar-refractivity contribution in [2.24, 2.45) is 5.10 Å². The van der Waals surface area contributed by atoms with Gasteiger partial charge < -0.3 is 4.74 Å². The van der Waals surface area contributed by atoms with Gasteiger partial charge in [0.15, 0.2) is 5.75 Å². The lowest BCUT2D eigenvalue weighted by Gasteiger charge is -2.11. The van der Waals surface area contributed by atoms with Crippen molar-refractivity contribution < 1.29 is 14.5 Å². The van der Waals surface area contributed by atoms with Gasteiger partial charge in [-0.15, -0.1) is 0 Å². The molecule has 32 heavy (non-hydrogen) atoms. The molecular formula is C22H16Br2ClN3O4. The predicted molar refractivity (Wildman–Crippen MR) is 130 cm³/mol. The summed E-state index contributed by atoms with van der Waals surface area (Å²) in [4.78, 5) is 22.6. The topological polar surface area (TPSA) is 93.8 Å².